The minimum Gasteiger partial charge on any atom is -0.348 e. The van der Waals surface area contributed by atoms with E-state index < -0.39 is 0 Å². The smallest absolute Gasteiger partial charge is 0.260 e. The van der Waals surface area contributed by atoms with Crippen molar-refractivity contribution in [3.63, 3.8) is 0 Å². The van der Waals surface area contributed by atoms with Crippen LogP contribution in [0.4, 0.5) is 0 Å². The highest BCUT2D eigenvalue weighted by Gasteiger charge is 2.11. The molecule has 3 rings (SSSR count). The molecule has 0 spiro atoms. The average Bonchev–Trinajstić information content (AvgIpc) is 3.07. The zero-order chi connectivity index (χ0) is 16.9. The van der Waals surface area contributed by atoms with Crippen molar-refractivity contribution in [3.8, 4) is 0 Å². The van der Waals surface area contributed by atoms with E-state index in [0.717, 1.165) is 16.8 Å². The number of rotatable bonds is 5. The Hall–Kier alpha value is -3.15. The van der Waals surface area contributed by atoms with Gasteiger partial charge >= 0.3 is 0 Å². The molecule has 1 amide bonds. The number of carbonyl (C=O) groups excluding carboxylic acids is 1. The molecule has 0 aliphatic rings. The molecule has 3 aromatic rings. The molecule has 0 aliphatic carbocycles. The van der Waals surface area contributed by atoms with Crippen molar-refractivity contribution in [2.75, 3.05) is 0 Å². The van der Waals surface area contributed by atoms with Crippen LogP contribution in [0.3, 0.4) is 0 Å². The largest absolute Gasteiger partial charge is 0.348 e. The Bertz CT molecular complexity index is 897. The number of hydrogen-bond acceptors (Lipinski definition) is 3. The summed E-state index contributed by atoms with van der Waals surface area (Å²) in [6.45, 7) is 2.75. The van der Waals surface area contributed by atoms with Crippen LogP contribution in [0.1, 0.15) is 27.2 Å². The van der Waals surface area contributed by atoms with Gasteiger partial charge in [0.15, 0.2) is 0 Å². The Morgan fingerprint density at radius 2 is 1.96 bits per heavy atom. The van der Waals surface area contributed by atoms with Crippen LogP contribution in [0, 0.1) is 6.92 Å². The van der Waals surface area contributed by atoms with E-state index in [2.05, 4.69) is 15.4 Å². The van der Waals surface area contributed by atoms with E-state index in [4.69, 9.17) is 0 Å². The lowest BCUT2D eigenvalue weighted by Gasteiger charge is -2.11. The molecular weight excluding hydrogens is 304 g/mol. The van der Waals surface area contributed by atoms with Gasteiger partial charge in [-0.1, -0.05) is 24.3 Å². The number of benzene rings is 1. The summed E-state index contributed by atoms with van der Waals surface area (Å²) in [6.07, 6.45) is 3.62. The zero-order valence-electron chi connectivity index (χ0n) is 13.3. The monoisotopic (exact) mass is 322 g/mol. The third kappa shape index (κ3) is 3.60. The highest BCUT2D eigenvalue weighted by Crippen LogP contribution is 2.10. The van der Waals surface area contributed by atoms with Gasteiger partial charge in [-0.3, -0.25) is 14.3 Å². The summed E-state index contributed by atoms with van der Waals surface area (Å²) in [7, 11) is 0. The van der Waals surface area contributed by atoms with Crippen LogP contribution >= 0.6 is 0 Å². The van der Waals surface area contributed by atoms with E-state index >= 15 is 0 Å². The quantitative estimate of drug-likeness (QED) is 0.752. The van der Waals surface area contributed by atoms with Crippen LogP contribution < -0.4 is 10.9 Å². The fourth-order valence-corrected chi connectivity index (χ4v) is 2.47. The summed E-state index contributed by atoms with van der Waals surface area (Å²) in [6, 6.07) is 13.0. The topological polar surface area (TPSA) is 79.8 Å². The zero-order valence-corrected chi connectivity index (χ0v) is 13.3. The number of carbonyl (C=O) groups is 1. The standard InChI is InChI=1S/C18H18N4O2/c1-13-7-8-16(18(24)21-13)17(23)19-11-14-5-2-3-6-15(14)12-22-10-4-9-20-22/h2-10H,11-12H2,1H3,(H,19,23)(H,21,24). The van der Waals surface area contributed by atoms with E-state index in [1.54, 1.807) is 25.3 Å². The van der Waals surface area contributed by atoms with E-state index in [-0.39, 0.29) is 17.0 Å². The molecule has 2 N–H and O–H groups in total. The summed E-state index contributed by atoms with van der Waals surface area (Å²) in [5.74, 6) is -0.384. The van der Waals surface area contributed by atoms with E-state index in [0.29, 0.717) is 13.1 Å². The summed E-state index contributed by atoms with van der Waals surface area (Å²) in [4.78, 5) is 26.7. The van der Waals surface area contributed by atoms with Gasteiger partial charge in [0.1, 0.15) is 5.56 Å². The number of amides is 1. The van der Waals surface area contributed by atoms with Gasteiger partial charge in [0, 0.05) is 24.6 Å². The van der Waals surface area contributed by atoms with Crippen LogP contribution in [0.5, 0.6) is 0 Å². The van der Waals surface area contributed by atoms with Crippen molar-refractivity contribution >= 4 is 5.91 Å². The highest BCUT2D eigenvalue weighted by molar-refractivity contribution is 5.93. The molecule has 6 nitrogen and oxygen atoms in total. The molecule has 0 radical (unpaired) electrons. The third-order valence-corrected chi connectivity index (χ3v) is 3.75. The SMILES string of the molecule is Cc1ccc(C(=O)NCc2ccccc2Cn2cccn2)c(=O)[nH]1. The van der Waals surface area contributed by atoms with Gasteiger partial charge < -0.3 is 10.3 Å². The molecule has 0 fully saturated rings. The third-order valence-electron chi connectivity index (χ3n) is 3.75. The molecular formula is C18H18N4O2. The summed E-state index contributed by atoms with van der Waals surface area (Å²) < 4.78 is 1.82. The van der Waals surface area contributed by atoms with Crippen LogP contribution in [0.2, 0.25) is 0 Å². The van der Waals surface area contributed by atoms with Crippen LogP contribution in [0.15, 0.2) is 59.7 Å². The molecule has 0 atom stereocenters. The lowest BCUT2D eigenvalue weighted by molar-refractivity contribution is 0.0949. The van der Waals surface area contributed by atoms with E-state index in [9.17, 15) is 9.59 Å². The summed E-state index contributed by atoms with van der Waals surface area (Å²) in [5, 5.41) is 7.01. The second-order valence-corrected chi connectivity index (χ2v) is 5.54. The first-order valence-corrected chi connectivity index (χ1v) is 7.66. The molecule has 1 aromatic carbocycles. The molecule has 0 saturated carbocycles. The molecule has 0 aliphatic heterocycles. The lowest BCUT2D eigenvalue weighted by atomic mass is 10.1. The minimum atomic E-state index is -0.384. The molecule has 0 bridgehead atoms. The summed E-state index contributed by atoms with van der Waals surface area (Å²) >= 11 is 0. The fraction of sp³-hybridized carbons (Fsp3) is 0.167. The number of aromatic nitrogens is 3. The Morgan fingerprint density at radius 3 is 2.67 bits per heavy atom. The highest BCUT2D eigenvalue weighted by atomic mass is 16.2. The number of H-pyrrole nitrogens is 1. The number of nitrogens with one attached hydrogen (secondary N) is 2. The van der Waals surface area contributed by atoms with Crippen molar-refractivity contribution in [1.82, 2.24) is 20.1 Å². The lowest BCUT2D eigenvalue weighted by Crippen LogP contribution is -2.29. The van der Waals surface area contributed by atoms with Gasteiger partial charge in [0.25, 0.3) is 11.5 Å². The molecule has 24 heavy (non-hydrogen) atoms. The Balaban J connectivity index is 1.72. The van der Waals surface area contributed by atoms with Gasteiger partial charge in [-0.25, -0.2) is 0 Å². The van der Waals surface area contributed by atoms with Gasteiger partial charge in [0.2, 0.25) is 0 Å². The van der Waals surface area contributed by atoms with Crippen molar-refractivity contribution in [2.24, 2.45) is 0 Å². The predicted molar refractivity (Wildman–Crippen MR) is 90.7 cm³/mol. The molecule has 0 saturated heterocycles. The maximum absolute atomic E-state index is 12.2. The van der Waals surface area contributed by atoms with Gasteiger partial charge in [-0.15, -0.1) is 0 Å². The van der Waals surface area contributed by atoms with Crippen molar-refractivity contribution in [2.45, 2.75) is 20.0 Å². The van der Waals surface area contributed by atoms with Crippen molar-refractivity contribution < 1.29 is 4.79 Å². The Kier molecular flexibility index (Phi) is 4.56. The number of aryl methyl sites for hydroxylation is 1. The van der Waals surface area contributed by atoms with E-state index in [1.807, 2.05) is 41.2 Å². The normalized spacial score (nSPS) is 10.5. The van der Waals surface area contributed by atoms with Crippen LogP contribution in [-0.2, 0) is 13.1 Å². The fourth-order valence-electron chi connectivity index (χ4n) is 2.47. The second-order valence-electron chi connectivity index (χ2n) is 5.54. The first-order chi connectivity index (χ1) is 11.6. The average molecular weight is 322 g/mol. The first-order valence-electron chi connectivity index (χ1n) is 7.66. The van der Waals surface area contributed by atoms with Crippen molar-refractivity contribution in [1.29, 1.82) is 0 Å². The molecule has 122 valence electrons. The summed E-state index contributed by atoms with van der Waals surface area (Å²) in [5.41, 5.74) is 2.52. The predicted octanol–water partition coefficient (Wildman–Crippen LogP) is 1.86. The van der Waals surface area contributed by atoms with Gasteiger partial charge in [-0.05, 0) is 36.2 Å². The van der Waals surface area contributed by atoms with E-state index in [1.165, 1.54) is 0 Å². The van der Waals surface area contributed by atoms with Gasteiger partial charge in [0.05, 0.1) is 6.54 Å². The number of pyridine rings is 1. The minimum absolute atomic E-state index is 0.116. The van der Waals surface area contributed by atoms with Crippen LogP contribution in [-0.4, -0.2) is 20.7 Å². The van der Waals surface area contributed by atoms with Gasteiger partial charge in [-0.2, -0.15) is 5.10 Å². The number of nitrogens with zero attached hydrogens (tertiary/aromatic N) is 2. The Morgan fingerprint density at radius 1 is 1.17 bits per heavy atom. The van der Waals surface area contributed by atoms with Crippen LogP contribution in [0.25, 0.3) is 0 Å². The first kappa shape index (κ1) is 15.7. The molecule has 6 heteroatoms. The van der Waals surface area contributed by atoms with Crippen molar-refractivity contribution in [3.05, 3.63) is 87.6 Å². The maximum atomic E-state index is 12.2. The maximum Gasteiger partial charge on any atom is 0.260 e. The molecule has 2 heterocycles. The number of aromatic amines is 1. The number of hydrogen-bond donors (Lipinski definition) is 2. The Labute approximate surface area is 139 Å². The second kappa shape index (κ2) is 6.95. The molecule has 2 aromatic heterocycles. The molecule has 0 unspecified atom stereocenters.